The number of hydrogen-bond acceptors (Lipinski definition) is 6. The Morgan fingerprint density at radius 2 is 1.75 bits per heavy atom. The first-order valence-electron chi connectivity index (χ1n) is 11.0. The highest BCUT2D eigenvalue weighted by Crippen LogP contribution is 2.34. The summed E-state index contributed by atoms with van der Waals surface area (Å²) >= 11 is 1.33. The van der Waals surface area contributed by atoms with Gasteiger partial charge in [-0.05, 0) is 51.3 Å². The van der Waals surface area contributed by atoms with Gasteiger partial charge in [-0.3, -0.25) is 9.59 Å². The fourth-order valence-electron chi connectivity index (χ4n) is 3.67. The molecular formula is C24H30N2O5S. The molecule has 1 fully saturated rings. The first-order chi connectivity index (χ1) is 15.4. The number of thiophene rings is 1. The summed E-state index contributed by atoms with van der Waals surface area (Å²) < 4.78 is 10.9. The third-order valence-corrected chi connectivity index (χ3v) is 6.66. The van der Waals surface area contributed by atoms with Gasteiger partial charge in [0.25, 0.3) is 11.8 Å². The van der Waals surface area contributed by atoms with Crippen LogP contribution in [-0.4, -0.2) is 49.0 Å². The topological polar surface area (TPSA) is 84.9 Å². The van der Waals surface area contributed by atoms with Crippen LogP contribution in [0.25, 0.3) is 0 Å². The van der Waals surface area contributed by atoms with E-state index in [1.165, 1.54) is 11.3 Å². The van der Waals surface area contributed by atoms with E-state index in [0.29, 0.717) is 21.9 Å². The smallest absolute Gasteiger partial charge is 0.341 e. The Hall–Kier alpha value is -2.87. The third-order valence-electron chi connectivity index (χ3n) is 5.53. The number of esters is 1. The van der Waals surface area contributed by atoms with Gasteiger partial charge in [-0.25, -0.2) is 4.79 Å². The molecule has 0 atom stereocenters. The van der Waals surface area contributed by atoms with Gasteiger partial charge in [0.05, 0.1) is 17.7 Å². The zero-order valence-electron chi connectivity index (χ0n) is 18.9. The van der Waals surface area contributed by atoms with Crippen molar-refractivity contribution in [2.75, 3.05) is 31.6 Å². The number of para-hydroxylation sites is 1. The van der Waals surface area contributed by atoms with Crippen LogP contribution in [0, 0.1) is 13.8 Å². The molecule has 7 nitrogen and oxygen atoms in total. The first-order valence-corrected chi connectivity index (χ1v) is 11.8. The molecule has 1 saturated heterocycles. The lowest BCUT2D eigenvalue weighted by Crippen LogP contribution is -2.35. The van der Waals surface area contributed by atoms with Crippen molar-refractivity contribution in [3.05, 3.63) is 45.8 Å². The molecule has 0 bridgehead atoms. The molecule has 0 unspecified atom stereocenters. The maximum absolute atomic E-state index is 13.0. The Morgan fingerprint density at radius 1 is 1.06 bits per heavy atom. The maximum Gasteiger partial charge on any atom is 0.341 e. The molecule has 2 amide bonds. The highest BCUT2D eigenvalue weighted by atomic mass is 32.1. The highest BCUT2D eigenvalue weighted by Gasteiger charge is 2.24. The van der Waals surface area contributed by atoms with Crippen molar-refractivity contribution in [3.8, 4) is 5.75 Å². The molecule has 2 heterocycles. The second kappa shape index (κ2) is 11.1. The standard InChI is InChI=1S/C24H30N2O5S/c1-4-30-24(29)21-16(2)17(3)32-23(21)25-22(28)18-11-7-8-12-19(18)31-15-20(27)26-13-9-5-6-10-14-26/h7-8,11-12H,4-6,9-10,13-15H2,1-3H3,(H,25,28). The number of ether oxygens (including phenoxy) is 2. The van der Waals surface area contributed by atoms with Gasteiger partial charge in [0.1, 0.15) is 10.8 Å². The average Bonchev–Trinajstić information content (AvgIpc) is 2.95. The lowest BCUT2D eigenvalue weighted by atomic mass is 10.1. The number of aryl methyl sites for hydroxylation is 1. The van der Waals surface area contributed by atoms with E-state index in [2.05, 4.69) is 5.32 Å². The summed E-state index contributed by atoms with van der Waals surface area (Å²) in [7, 11) is 0. The largest absolute Gasteiger partial charge is 0.483 e. The van der Waals surface area contributed by atoms with Crippen molar-refractivity contribution >= 4 is 34.1 Å². The number of rotatable bonds is 7. The second-order valence-electron chi connectivity index (χ2n) is 7.74. The van der Waals surface area contributed by atoms with Gasteiger partial charge in [0.15, 0.2) is 6.61 Å². The van der Waals surface area contributed by atoms with Gasteiger partial charge in [0, 0.05) is 18.0 Å². The van der Waals surface area contributed by atoms with Gasteiger partial charge in [0.2, 0.25) is 0 Å². The monoisotopic (exact) mass is 458 g/mol. The number of benzene rings is 1. The lowest BCUT2D eigenvalue weighted by Gasteiger charge is -2.20. The Balaban J connectivity index is 1.73. The summed E-state index contributed by atoms with van der Waals surface area (Å²) in [6, 6.07) is 6.79. The van der Waals surface area contributed by atoms with Crippen molar-refractivity contribution in [3.63, 3.8) is 0 Å². The Morgan fingerprint density at radius 3 is 2.44 bits per heavy atom. The minimum atomic E-state index is -0.461. The SMILES string of the molecule is CCOC(=O)c1c(NC(=O)c2ccccc2OCC(=O)N2CCCCCC2)sc(C)c1C. The van der Waals surface area contributed by atoms with E-state index >= 15 is 0 Å². The molecule has 1 N–H and O–H groups in total. The zero-order valence-corrected chi connectivity index (χ0v) is 19.7. The molecule has 1 aliphatic heterocycles. The van der Waals surface area contributed by atoms with Crippen molar-refractivity contribution in [2.45, 2.75) is 46.5 Å². The van der Waals surface area contributed by atoms with E-state index in [9.17, 15) is 14.4 Å². The molecule has 1 aromatic heterocycles. The van der Waals surface area contributed by atoms with Crippen LogP contribution in [0.4, 0.5) is 5.00 Å². The quantitative estimate of drug-likeness (QED) is 0.614. The van der Waals surface area contributed by atoms with E-state index in [0.717, 1.165) is 49.2 Å². The summed E-state index contributed by atoms with van der Waals surface area (Å²) in [5.41, 5.74) is 1.46. The fourth-order valence-corrected chi connectivity index (χ4v) is 4.71. The number of hydrogen-bond donors (Lipinski definition) is 1. The summed E-state index contributed by atoms with van der Waals surface area (Å²) in [6.45, 7) is 7.10. The van der Waals surface area contributed by atoms with Crippen LogP contribution < -0.4 is 10.1 Å². The Bertz CT molecular complexity index is 977. The normalized spacial score (nSPS) is 13.9. The number of carbonyl (C=O) groups is 3. The predicted molar refractivity (Wildman–Crippen MR) is 125 cm³/mol. The Kier molecular flexibility index (Phi) is 8.27. The molecule has 1 aliphatic rings. The highest BCUT2D eigenvalue weighted by molar-refractivity contribution is 7.16. The number of anilines is 1. The number of nitrogens with zero attached hydrogens (tertiary/aromatic N) is 1. The van der Waals surface area contributed by atoms with Crippen LogP contribution in [0.5, 0.6) is 5.75 Å². The fraction of sp³-hybridized carbons (Fsp3) is 0.458. The minimum Gasteiger partial charge on any atom is -0.483 e. The summed E-state index contributed by atoms with van der Waals surface area (Å²) in [5, 5.41) is 3.27. The van der Waals surface area contributed by atoms with E-state index in [1.807, 2.05) is 18.7 Å². The molecule has 0 aliphatic carbocycles. The number of nitrogens with one attached hydrogen (secondary N) is 1. The Labute approximate surface area is 192 Å². The van der Waals surface area contributed by atoms with Crippen LogP contribution in [0.1, 0.15) is 63.8 Å². The van der Waals surface area contributed by atoms with Crippen molar-refractivity contribution in [1.29, 1.82) is 0 Å². The number of amides is 2. The third kappa shape index (κ3) is 5.68. The molecule has 0 spiro atoms. The molecule has 32 heavy (non-hydrogen) atoms. The summed E-state index contributed by atoms with van der Waals surface area (Å²) in [4.78, 5) is 40.8. The minimum absolute atomic E-state index is 0.0729. The van der Waals surface area contributed by atoms with E-state index in [1.54, 1.807) is 31.2 Å². The lowest BCUT2D eigenvalue weighted by molar-refractivity contribution is -0.133. The number of likely N-dealkylation sites (tertiary alicyclic amines) is 1. The van der Waals surface area contributed by atoms with Gasteiger partial charge >= 0.3 is 5.97 Å². The van der Waals surface area contributed by atoms with Gasteiger partial charge < -0.3 is 19.7 Å². The predicted octanol–water partition coefficient (Wildman–Crippen LogP) is 4.58. The molecule has 2 aromatic rings. The first kappa shape index (κ1) is 23.8. The van der Waals surface area contributed by atoms with Crippen LogP contribution in [0.15, 0.2) is 24.3 Å². The van der Waals surface area contributed by atoms with Crippen LogP contribution in [-0.2, 0) is 9.53 Å². The molecule has 3 rings (SSSR count). The van der Waals surface area contributed by atoms with Crippen molar-refractivity contribution in [1.82, 2.24) is 4.90 Å². The molecule has 172 valence electrons. The van der Waals surface area contributed by atoms with Crippen molar-refractivity contribution in [2.24, 2.45) is 0 Å². The van der Waals surface area contributed by atoms with Crippen LogP contribution in [0.2, 0.25) is 0 Å². The maximum atomic E-state index is 13.0. The molecule has 0 saturated carbocycles. The van der Waals surface area contributed by atoms with Gasteiger partial charge in [-0.15, -0.1) is 11.3 Å². The second-order valence-corrected chi connectivity index (χ2v) is 8.97. The molecule has 0 radical (unpaired) electrons. The number of carbonyl (C=O) groups excluding carboxylic acids is 3. The van der Waals surface area contributed by atoms with Crippen LogP contribution in [0.3, 0.4) is 0 Å². The zero-order chi connectivity index (χ0) is 23.1. The molecule has 1 aromatic carbocycles. The summed E-state index contributed by atoms with van der Waals surface area (Å²) in [5.74, 6) is -0.612. The van der Waals surface area contributed by atoms with Gasteiger partial charge in [-0.2, -0.15) is 0 Å². The van der Waals surface area contributed by atoms with E-state index in [4.69, 9.17) is 9.47 Å². The average molecular weight is 459 g/mol. The molecule has 8 heteroatoms. The van der Waals surface area contributed by atoms with Crippen molar-refractivity contribution < 1.29 is 23.9 Å². The molecular weight excluding hydrogens is 428 g/mol. The van der Waals surface area contributed by atoms with E-state index in [-0.39, 0.29) is 19.1 Å². The van der Waals surface area contributed by atoms with Crippen LogP contribution >= 0.6 is 11.3 Å². The summed E-state index contributed by atoms with van der Waals surface area (Å²) in [6.07, 6.45) is 4.30. The van der Waals surface area contributed by atoms with E-state index < -0.39 is 11.9 Å². The van der Waals surface area contributed by atoms with Gasteiger partial charge in [-0.1, -0.05) is 25.0 Å².